The number of rotatable bonds is 6. The summed E-state index contributed by atoms with van der Waals surface area (Å²) in [7, 11) is -2.29. The molecule has 0 saturated carbocycles. The molecule has 0 aliphatic rings. The molecule has 0 aliphatic carbocycles. The first-order valence-corrected chi connectivity index (χ1v) is 11.0. The Balaban J connectivity index is 1.54. The van der Waals surface area contributed by atoms with E-state index in [0.29, 0.717) is 17.1 Å². The van der Waals surface area contributed by atoms with Crippen molar-refractivity contribution >= 4 is 27.3 Å². The molecular weight excluding hydrogens is 412 g/mol. The molecule has 4 aromatic rings. The molecule has 0 bridgehead atoms. The van der Waals surface area contributed by atoms with Gasteiger partial charge in [0.25, 0.3) is 15.9 Å². The third kappa shape index (κ3) is 4.34. The average molecular weight is 433 g/mol. The zero-order valence-electron chi connectivity index (χ0n) is 16.7. The van der Waals surface area contributed by atoms with Gasteiger partial charge in [-0.25, -0.2) is 8.42 Å². The van der Waals surface area contributed by atoms with Gasteiger partial charge in [0.2, 0.25) is 0 Å². The van der Waals surface area contributed by atoms with Gasteiger partial charge in [0.05, 0.1) is 16.3 Å². The summed E-state index contributed by atoms with van der Waals surface area (Å²) in [6, 6.07) is 26.1. The third-order valence-electron chi connectivity index (χ3n) is 4.76. The first-order chi connectivity index (χ1) is 14.9. The molecular formula is C23H20N4O3S. The molecule has 1 amide bonds. The third-order valence-corrected chi connectivity index (χ3v) is 6.54. The van der Waals surface area contributed by atoms with Crippen LogP contribution in [0.3, 0.4) is 0 Å². The Labute approximate surface area is 180 Å². The second-order valence-corrected chi connectivity index (χ2v) is 8.79. The minimum Gasteiger partial charge on any atom is -0.321 e. The van der Waals surface area contributed by atoms with Crippen molar-refractivity contribution in [3.05, 3.63) is 96.7 Å². The van der Waals surface area contributed by atoms with Gasteiger partial charge < -0.3 is 5.32 Å². The summed E-state index contributed by atoms with van der Waals surface area (Å²) in [5, 5.41) is 9.62. The van der Waals surface area contributed by atoms with Gasteiger partial charge in [-0.1, -0.05) is 54.6 Å². The normalized spacial score (nSPS) is 11.1. The van der Waals surface area contributed by atoms with E-state index in [1.54, 1.807) is 42.5 Å². The van der Waals surface area contributed by atoms with Crippen molar-refractivity contribution in [2.75, 3.05) is 16.7 Å². The highest BCUT2D eigenvalue weighted by Crippen LogP contribution is 2.24. The highest BCUT2D eigenvalue weighted by molar-refractivity contribution is 7.92. The molecule has 3 aromatic carbocycles. The van der Waals surface area contributed by atoms with Crippen molar-refractivity contribution in [1.82, 2.24) is 10.2 Å². The van der Waals surface area contributed by atoms with E-state index in [0.717, 1.165) is 5.56 Å². The van der Waals surface area contributed by atoms with E-state index in [9.17, 15) is 13.2 Å². The largest absolute Gasteiger partial charge is 0.321 e. The van der Waals surface area contributed by atoms with Crippen molar-refractivity contribution in [2.45, 2.75) is 4.90 Å². The molecule has 0 aliphatic heterocycles. The summed E-state index contributed by atoms with van der Waals surface area (Å²) in [4.78, 5) is 12.7. The predicted molar refractivity (Wildman–Crippen MR) is 120 cm³/mol. The maximum atomic E-state index is 13.0. The first-order valence-electron chi connectivity index (χ1n) is 9.51. The fourth-order valence-electron chi connectivity index (χ4n) is 3.06. The lowest BCUT2D eigenvalue weighted by molar-refractivity contribution is 0.102. The van der Waals surface area contributed by atoms with Crippen LogP contribution in [0, 0.1) is 0 Å². The SMILES string of the molecule is CN(c1ccccc1)S(=O)(=O)c1cccc(NC(=O)c2cc(-c3ccccc3)n[nH]2)c1. The summed E-state index contributed by atoms with van der Waals surface area (Å²) >= 11 is 0. The lowest BCUT2D eigenvalue weighted by atomic mass is 10.1. The number of hydrogen-bond acceptors (Lipinski definition) is 4. The van der Waals surface area contributed by atoms with Crippen LogP contribution in [0.4, 0.5) is 11.4 Å². The predicted octanol–water partition coefficient (Wildman–Crippen LogP) is 4.15. The lowest BCUT2D eigenvalue weighted by Gasteiger charge is -2.19. The Morgan fingerprint density at radius 2 is 1.58 bits per heavy atom. The van der Waals surface area contributed by atoms with Crippen molar-refractivity contribution in [2.24, 2.45) is 0 Å². The number of aromatic amines is 1. The van der Waals surface area contributed by atoms with Crippen LogP contribution in [0.1, 0.15) is 10.5 Å². The minimum absolute atomic E-state index is 0.0752. The van der Waals surface area contributed by atoms with Crippen molar-refractivity contribution in [3.63, 3.8) is 0 Å². The number of carbonyl (C=O) groups excluding carboxylic acids is 1. The summed E-state index contributed by atoms with van der Waals surface area (Å²) in [5.41, 5.74) is 2.71. The smallest absolute Gasteiger partial charge is 0.273 e. The second-order valence-electron chi connectivity index (χ2n) is 6.82. The van der Waals surface area contributed by atoms with Crippen LogP contribution in [0.25, 0.3) is 11.3 Å². The molecule has 8 heteroatoms. The zero-order chi connectivity index (χ0) is 21.8. The summed E-state index contributed by atoms with van der Waals surface area (Å²) in [5.74, 6) is -0.416. The molecule has 0 fully saturated rings. The molecule has 31 heavy (non-hydrogen) atoms. The molecule has 0 radical (unpaired) electrons. The minimum atomic E-state index is -3.79. The molecule has 1 heterocycles. The monoisotopic (exact) mass is 432 g/mol. The number of nitrogens with zero attached hydrogens (tertiary/aromatic N) is 2. The number of benzene rings is 3. The Hall–Kier alpha value is -3.91. The second kappa shape index (κ2) is 8.45. The molecule has 1 aromatic heterocycles. The van der Waals surface area contributed by atoms with Crippen LogP contribution in [0.15, 0.2) is 95.9 Å². The highest BCUT2D eigenvalue weighted by atomic mass is 32.2. The quantitative estimate of drug-likeness (QED) is 0.478. The highest BCUT2D eigenvalue weighted by Gasteiger charge is 2.22. The van der Waals surface area contributed by atoms with Crippen LogP contribution >= 0.6 is 0 Å². The molecule has 4 rings (SSSR count). The van der Waals surface area contributed by atoms with Crippen molar-refractivity contribution < 1.29 is 13.2 Å². The molecule has 0 unspecified atom stereocenters. The number of anilines is 2. The molecule has 0 spiro atoms. The van der Waals surface area contributed by atoms with Gasteiger partial charge in [0, 0.05) is 18.3 Å². The van der Waals surface area contributed by atoms with E-state index in [1.807, 2.05) is 36.4 Å². The number of nitrogens with one attached hydrogen (secondary N) is 2. The van der Waals surface area contributed by atoms with Gasteiger partial charge in [-0.2, -0.15) is 5.10 Å². The van der Waals surface area contributed by atoms with E-state index in [4.69, 9.17) is 0 Å². The lowest BCUT2D eigenvalue weighted by Crippen LogP contribution is -2.26. The molecule has 0 atom stereocenters. The van der Waals surface area contributed by atoms with Gasteiger partial charge in [-0.15, -0.1) is 0 Å². The summed E-state index contributed by atoms with van der Waals surface area (Å²) in [6.07, 6.45) is 0. The standard InChI is InChI=1S/C23H20N4O3S/c1-27(19-12-6-3-7-13-19)31(29,30)20-14-8-11-18(15-20)24-23(28)22-16-21(25-26-22)17-9-4-2-5-10-17/h2-16H,1H3,(H,24,28)(H,25,26). The van der Waals surface area contributed by atoms with E-state index < -0.39 is 15.9 Å². The van der Waals surface area contributed by atoms with E-state index in [1.165, 1.54) is 23.5 Å². The molecule has 156 valence electrons. The fraction of sp³-hybridized carbons (Fsp3) is 0.0435. The van der Waals surface area contributed by atoms with Crippen LogP contribution in [-0.2, 0) is 10.0 Å². The maximum Gasteiger partial charge on any atom is 0.273 e. The zero-order valence-corrected chi connectivity index (χ0v) is 17.5. The molecule has 2 N–H and O–H groups in total. The molecule has 7 nitrogen and oxygen atoms in total. The average Bonchev–Trinajstić information content (AvgIpc) is 3.30. The first kappa shape index (κ1) is 20.4. The van der Waals surface area contributed by atoms with E-state index >= 15 is 0 Å². The summed E-state index contributed by atoms with van der Waals surface area (Å²) < 4.78 is 27.2. The van der Waals surface area contributed by atoms with Crippen molar-refractivity contribution in [3.8, 4) is 11.3 Å². The maximum absolute atomic E-state index is 13.0. The Morgan fingerprint density at radius 3 is 2.29 bits per heavy atom. The number of hydrogen-bond donors (Lipinski definition) is 2. The van der Waals surface area contributed by atoms with E-state index in [-0.39, 0.29) is 10.6 Å². The topological polar surface area (TPSA) is 95.2 Å². The Morgan fingerprint density at radius 1 is 0.903 bits per heavy atom. The van der Waals surface area contributed by atoms with Gasteiger partial charge in [0.15, 0.2) is 0 Å². The van der Waals surface area contributed by atoms with Crippen LogP contribution in [0.5, 0.6) is 0 Å². The van der Waals surface area contributed by atoms with Gasteiger partial charge in [-0.05, 0) is 36.4 Å². The van der Waals surface area contributed by atoms with E-state index in [2.05, 4.69) is 15.5 Å². The van der Waals surface area contributed by atoms with Crippen LogP contribution in [0.2, 0.25) is 0 Å². The number of sulfonamides is 1. The number of carbonyl (C=O) groups is 1. The van der Waals surface area contributed by atoms with Crippen LogP contribution in [-0.4, -0.2) is 31.6 Å². The Bertz CT molecular complexity index is 1300. The fourth-order valence-corrected chi connectivity index (χ4v) is 4.30. The van der Waals surface area contributed by atoms with Gasteiger partial charge in [0.1, 0.15) is 5.69 Å². The number of H-pyrrole nitrogens is 1. The van der Waals surface area contributed by atoms with Crippen molar-refractivity contribution in [1.29, 1.82) is 0 Å². The van der Waals surface area contributed by atoms with Gasteiger partial charge >= 0.3 is 0 Å². The van der Waals surface area contributed by atoms with Crippen LogP contribution < -0.4 is 9.62 Å². The van der Waals surface area contributed by atoms with Gasteiger partial charge in [-0.3, -0.25) is 14.2 Å². The molecule has 0 saturated heterocycles. The Kier molecular flexibility index (Phi) is 5.55. The number of amides is 1. The number of para-hydroxylation sites is 1. The number of aromatic nitrogens is 2. The summed E-state index contributed by atoms with van der Waals surface area (Å²) in [6.45, 7) is 0.